The predicted octanol–water partition coefficient (Wildman–Crippen LogP) is 3.82. The molecule has 1 heterocycles. The van der Waals surface area contributed by atoms with E-state index < -0.39 is 0 Å². The molecule has 0 unspecified atom stereocenters. The molecule has 5 nitrogen and oxygen atoms in total. The molecule has 6 heteroatoms. The smallest absolute Gasteiger partial charge is 0.223 e. The number of carbonyl (C=O) groups is 2. The Balaban J connectivity index is 1.32. The molecule has 0 atom stereocenters. The van der Waals surface area contributed by atoms with E-state index in [1.165, 1.54) is 5.56 Å². The number of halogens is 1. The van der Waals surface area contributed by atoms with Crippen LogP contribution in [0.4, 0.5) is 0 Å². The first-order chi connectivity index (χ1) is 14.1. The van der Waals surface area contributed by atoms with E-state index in [1.54, 1.807) is 0 Å². The highest BCUT2D eigenvalue weighted by molar-refractivity contribution is 9.10. The van der Waals surface area contributed by atoms with Crippen molar-refractivity contribution < 1.29 is 14.3 Å². The molecule has 1 saturated heterocycles. The van der Waals surface area contributed by atoms with Crippen molar-refractivity contribution in [3.05, 3.63) is 64.6 Å². The number of ether oxygens (including phenoxy) is 1. The lowest BCUT2D eigenvalue weighted by Crippen LogP contribution is -2.43. The maximum Gasteiger partial charge on any atom is 0.223 e. The topological polar surface area (TPSA) is 58.6 Å². The number of nitrogens with zero attached hydrogens (tertiary/aromatic N) is 1. The Labute approximate surface area is 180 Å². The van der Waals surface area contributed by atoms with Crippen LogP contribution in [0.15, 0.2) is 59.1 Å². The van der Waals surface area contributed by atoms with Crippen LogP contribution in [0.1, 0.15) is 24.8 Å². The lowest BCUT2D eigenvalue weighted by atomic mass is 9.95. The van der Waals surface area contributed by atoms with Gasteiger partial charge in [0, 0.05) is 29.9 Å². The summed E-state index contributed by atoms with van der Waals surface area (Å²) in [4.78, 5) is 26.7. The number of hydrogen-bond donors (Lipinski definition) is 1. The first-order valence-corrected chi connectivity index (χ1v) is 10.9. The van der Waals surface area contributed by atoms with Gasteiger partial charge >= 0.3 is 0 Å². The number of amides is 2. The quantitative estimate of drug-likeness (QED) is 0.611. The number of aryl methyl sites for hydroxylation is 1. The van der Waals surface area contributed by atoms with Gasteiger partial charge in [-0.2, -0.15) is 0 Å². The molecule has 0 aromatic heterocycles. The maximum absolute atomic E-state index is 12.4. The van der Waals surface area contributed by atoms with Gasteiger partial charge < -0.3 is 15.0 Å². The lowest BCUT2D eigenvalue weighted by Gasteiger charge is -2.31. The van der Waals surface area contributed by atoms with E-state index in [9.17, 15) is 9.59 Å². The first kappa shape index (κ1) is 21.4. The highest BCUT2D eigenvalue weighted by atomic mass is 79.9. The molecule has 3 rings (SSSR count). The van der Waals surface area contributed by atoms with Crippen molar-refractivity contribution in [3.63, 3.8) is 0 Å². The number of piperidine rings is 1. The molecule has 0 radical (unpaired) electrons. The number of benzene rings is 2. The van der Waals surface area contributed by atoms with Gasteiger partial charge in [0.25, 0.3) is 0 Å². The van der Waals surface area contributed by atoms with Crippen LogP contribution >= 0.6 is 15.9 Å². The van der Waals surface area contributed by atoms with Crippen molar-refractivity contribution in [3.8, 4) is 5.75 Å². The van der Waals surface area contributed by atoms with Gasteiger partial charge in [0.2, 0.25) is 11.8 Å². The summed E-state index contributed by atoms with van der Waals surface area (Å²) in [7, 11) is 0. The predicted molar refractivity (Wildman–Crippen MR) is 117 cm³/mol. The second kappa shape index (κ2) is 11.0. The summed E-state index contributed by atoms with van der Waals surface area (Å²) in [6, 6.07) is 17.7. The Morgan fingerprint density at radius 1 is 1.07 bits per heavy atom. The molecular weight excluding hydrogens is 432 g/mol. The van der Waals surface area contributed by atoms with Crippen LogP contribution in [0.5, 0.6) is 5.75 Å². The fourth-order valence-electron chi connectivity index (χ4n) is 3.49. The van der Waals surface area contributed by atoms with E-state index in [0.29, 0.717) is 32.7 Å². The molecule has 29 heavy (non-hydrogen) atoms. The molecule has 0 bridgehead atoms. The van der Waals surface area contributed by atoms with Gasteiger partial charge in [-0.15, -0.1) is 0 Å². The van der Waals surface area contributed by atoms with E-state index in [0.717, 1.165) is 29.5 Å². The van der Waals surface area contributed by atoms with Crippen LogP contribution in [0.3, 0.4) is 0 Å². The van der Waals surface area contributed by atoms with Crippen molar-refractivity contribution in [1.29, 1.82) is 0 Å². The Morgan fingerprint density at radius 3 is 2.55 bits per heavy atom. The van der Waals surface area contributed by atoms with Crippen LogP contribution in [0.25, 0.3) is 0 Å². The Morgan fingerprint density at radius 2 is 1.83 bits per heavy atom. The molecular formula is C23H27BrN2O3. The van der Waals surface area contributed by atoms with Gasteiger partial charge in [0.15, 0.2) is 0 Å². The van der Waals surface area contributed by atoms with Gasteiger partial charge in [0.1, 0.15) is 12.4 Å². The first-order valence-electron chi connectivity index (χ1n) is 10.1. The SMILES string of the molecule is O=C(NCCOc1cccc(Br)c1)C1CCN(C(=O)CCc2ccccc2)CC1. The van der Waals surface area contributed by atoms with E-state index in [1.807, 2.05) is 59.5 Å². The third kappa shape index (κ3) is 6.89. The number of nitrogens with one attached hydrogen (secondary N) is 1. The number of likely N-dealkylation sites (tertiary alicyclic amines) is 1. The average molecular weight is 459 g/mol. The van der Waals surface area contributed by atoms with E-state index in [4.69, 9.17) is 4.74 Å². The molecule has 0 spiro atoms. The summed E-state index contributed by atoms with van der Waals surface area (Å²) in [5, 5.41) is 2.95. The van der Waals surface area contributed by atoms with Crippen LogP contribution in [0.2, 0.25) is 0 Å². The summed E-state index contributed by atoms with van der Waals surface area (Å²) in [5.41, 5.74) is 1.18. The van der Waals surface area contributed by atoms with Gasteiger partial charge in [-0.3, -0.25) is 9.59 Å². The summed E-state index contributed by atoms with van der Waals surface area (Å²) in [6.07, 6.45) is 2.72. The van der Waals surface area contributed by atoms with Gasteiger partial charge in [0.05, 0.1) is 6.54 Å². The van der Waals surface area contributed by atoms with Gasteiger partial charge in [-0.05, 0) is 43.0 Å². The molecule has 1 N–H and O–H groups in total. The number of carbonyl (C=O) groups excluding carboxylic acids is 2. The summed E-state index contributed by atoms with van der Waals surface area (Å²) in [5.74, 6) is 0.976. The number of rotatable bonds is 8. The third-order valence-electron chi connectivity index (χ3n) is 5.15. The zero-order chi connectivity index (χ0) is 20.5. The molecule has 1 fully saturated rings. The third-order valence-corrected chi connectivity index (χ3v) is 5.65. The fourth-order valence-corrected chi connectivity index (χ4v) is 3.87. The van der Waals surface area contributed by atoms with Gasteiger partial charge in [-0.1, -0.05) is 52.3 Å². The van der Waals surface area contributed by atoms with Crippen LogP contribution in [0, 0.1) is 5.92 Å². The molecule has 0 saturated carbocycles. The largest absolute Gasteiger partial charge is 0.492 e. The maximum atomic E-state index is 12.4. The fraction of sp³-hybridized carbons (Fsp3) is 0.391. The minimum absolute atomic E-state index is 0.0287. The van der Waals surface area contributed by atoms with Crippen molar-refractivity contribution in [1.82, 2.24) is 10.2 Å². The lowest BCUT2D eigenvalue weighted by molar-refractivity contribution is -0.135. The highest BCUT2D eigenvalue weighted by Gasteiger charge is 2.26. The molecule has 0 aliphatic carbocycles. The normalized spacial score (nSPS) is 14.4. The van der Waals surface area contributed by atoms with Crippen molar-refractivity contribution >= 4 is 27.7 Å². The minimum atomic E-state index is -0.0287. The zero-order valence-corrected chi connectivity index (χ0v) is 18.1. The number of hydrogen-bond acceptors (Lipinski definition) is 3. The van der Waals surface area contributed by atoms with Crippen LogP contribution in [-0.4, -0.2) is 43.0 Å². The molecule has 2 aromatic rings. The average Bonchev–Trinajstić information content (AvgIpc) is 2.76. The van der Waals surface area contributed by atoms with E-state index in [-0.39, 0.29) is 17.7 Å². The molecule has 1 aliphatic rings. The molecule has 2 amide bonds. The summed E-state index contributed by atoms with van der Waals surface area (Å²) >= 11 is 3.41. The molecule has 1 aliphatic heterocycles. The minimum Gasteiger partial charge on any atom is -0.492 e. The standard InChI is InChI=1S/C23H27BrN2O3/c24-20-7-4-8-21(17-20)29-16-13-25-23(28)19-11-14-26(15-12-19)22(27)10-9-18-5-2-1-3-6-18/h1-8,17,19H,9-16H2,(H,25,28). The Hall–Kier alpha value is -2.34. The van der Waals surface area contributed by atoms with Gasteiger partial charge in [-0.25, -0.2) is 0 Å². The van der Waals surface area contributed by atoms with Crippen molar-refractivity contribution in [2.45, 2.75) is 25.7 Å². The Kier molecular flexibility index (Phi) is 8.11. The second-order valence-corrected chi connectivity index (χ2v) is 8.15. The summed E-state index contributed by atoms with van der Waals surface area (Å²) < 4.78 is 6.60. The Bertz CT molecular complexity index is 805. The highest BCUT2D eigenvalue weighted by Crippen LogP contribution is 2.19. The van der Waals surface area contributed by atoms with Crippen LogP contribution in [-0.2, 0) is 16.0 Å². The van der Waals surface area contributed by atoms with Crippen molar-refractivity contribution in [2.75, 3.05) is 26.2 Å². The van der Waals surface area contributed by atoms with Crippen molar-refractivity contribution in [2.24, 2.45) is 5.92 Å². The monoisotopic (exact) mass is 458 g/mol. The van der Waals surface area contributed by atoms with E-state index >= 15 is 0 Å². The summed E-state index contributed by atoms with van der Waals surface area (Å²) in [6.45, 7) is 2.21. The second-order valence-electron chi connectivity index (χ2n) is 7.24. The molecule has 2 aromatic carbocycles. The van der Waals surface area contributed by atoms with E-state index in [2.05, 4.69) is 21.2 Å². The zero-order valence-electron chi connectivity index (χ0n) is 16.5. The molecule has 154 valence electrons. The van der Waals surface area contributed by atoms with Crippen LogP contribution < -0.4 is 10.1 Å².